The zero-order valence-corrected chi connectivity index (χ0v) is 21.3. The van der Waals surface area contributed by atoms with E-state index < -0.39 is 0 Å². The van der Waals surface area contributed by atoms with Crippen LogP contribution >= 0.6 is 0 Å². The van der Waals surface area contributed by atoms with Gasteiger partial charge in [-0.2, -0.15) is 0 Å². The van der Waals surface area contributed by atoms with Crippen LogP contribution in [0.2, 0.25) is 0 Å². The second-order valence-corrected chi connectivity index (χ2v) is 8.59. The molecular formula is C27H38N2O6. The number of hydrogen-bond donors (Lipinski definition) is 1. The van der Waals surface area contributed by atoms with E-state index in [4.69, 9.17) is 23.7 Å². The Morgan fingerprint density at radius 3 is 2.54 bits per heavy atom. The lowest BCUT2D eigenvalue weighted by atomic mass is 10.1. The topological polar surface area (TPSA) is 78.5 Å². The summed E-state index contributed by atoms with van der Waals surface area (Å²) in [5, 5.41) is 2.99. The number of ether oxygens (including phenoxy) is 5. The van der Waals surface area contributed by atoms with Gasteiger partial charge in [0.05, 0.1) is 21.3 Å². The molecule has 0 bridgehead atoms. The molecule has 8 nitrogen and oxygen atoms in total. The summed E-state index contributed by atoms with van der Waals surface area (Å²) in [4.78, 5) is 14.8. The van der Waals surface area contributed by atoms with Gasteiger partial charge in [-0.3, -0.25) is 9.69 Å². The van der Waals surface area contributed by atoms with Crippen LogP contribution in [0.4, 0.5) is 0 Å². The van der Waals surface area contributed by atoms with Gasteiger partial charge >= 0.3 is 0 Å². The summed E-state index contributed by atoms with van der Waals surface area (Å²) in [7, 11) is 6.87. The highest BCUT2D eigenvalue weighted by atomic mass is 16.5. The minimum absolute atomic E-state index is 0.0359. The predicted octanol–water partition coefficient (Wildman–Crippen LogP) is 3.45. The highest BCUT2D eigenvalue weighted by Crippen LogP contribution is 2.40. The van der Waals surface area contributed by atoms with Crippen molar-refractivity contribution >= 4 is 5.91 Å². The maximum absolute atomic E-state index is 12.5. The molecule has 1 aliphatic heterocycles. The largest absolute Gasteiger partial charge is 0.493 e. The fourth-order valence-corrected chi connectivity index (χ4v) is 4.26. The molecule has 0 aliphatic carbocycles. The number of likely N-dealkylation sites (N-methyl/N-ethyl adjacent to an activating group) is 1. The molecule has 3 rings (SSSR count). The Morgan fingerprint density at radius 1 is 1.06 bits per heavy atom. The first-order valence-electron chi connectivity index (χ1n) is 12.1. The Bertz CT molecular complexity index is 945. The Kier molecular flexibility index (Phi) is 10.5. The lowest BCUT2D eigenvalue weighted by Crippen LogP contribution is -2.38. The van der Waals surface area contributed by atoms with E-state index in [9.17, 15) is 4.79 Å². The Labute approximate surface area is 208 Å². The van der Waals surface area contributed by atoms with Gasteiger partial charge in [-0.15, -0.1) is 0 Å². The second kappa shape index (κ2) is 13.8. The number of nitrogens with zero attached hydrogens (tertiary/aromatic N) is 1. The van der Waals surface area contributed by atoms with Crippen molar-refractivity contribution < 1.29 is 28.5 Å². The van der Waals surface area contributed by atoms with E-state index >= 15 is 0 Å². The first-order chi connectivity index (χ1) is 17.0. The van der Waals surface area contributed by atoms with Crippen molar-refractivity contribution in [3.8, 4) is 23.0 Å². The fourth-order valence-electron chi connectivity index (χ4n) is 4.26. The van der Waals surface area contributed by atoms with Crippen LogP contribution in [0.15, 0.2) is 36.4 Å². The Morgan fingerprint density at radius 2 is 1.83 bits per heavy atom. The van der Waals surface area contributed by atoms with Crippen LogP contribution in [-0.4, -0.2) is 71.6 Å². The molecule has 1 saturated heterocycles. The minimum atomic E-state index is -0.0359. The van der Waals surface area contributed by atoms with Crippen LogP contribution in [0.5, 0.6) is 23.0 Å². The van der Waals surface area contributed by atoms with Gasteiger partial charge in [0.1, 0.15) is 12.4 Å². The molecule has 0 saturated carbocycles. The maximum atomic E-state index is 12.5. The van der Waals surface area contributed by atoms with E-state index in [2.05, 4.69) is 17.3 Å². The van der Waals surface area contributed by atoms with E-state index in [0.29, 0.717) is 49.3 Å². The van der Waals surface area contributed by atoms with E-state index in [-0.39, 0.29) is 5.91 Å². The Balaban J connectivity index is 1.44. The van der Waals surface area contributed by atoms with Gasteiger partial charge in [0, 0.05) is 38.8 Å². The number of nitrogens with one attached hydrogen (secondary N) is 1. The highest BCUT2D eigenvalue weighted by molar-refractivity contribution is 5.76. The lowest BCUT2D eigenvalue weighted by molar-refractivity contribution is -0.121. The van der Waals surface area contributed by atoms with Crippen molar-refractivity contribution in [3.05, 3.63) is 47.5 Å². The van der Waals surface area contributed by atoms with Gasteiger partial charge in [-0.05, 0) is 55.6 Å². The van der Waals surface area contributed by atoms with Crippen molar-refractivity contribution in [1.82, 2.24) is 10.2 Å². The summed E-state index contributed by atoms with van der Waals surface area (Å²) in [5.41, 5.74) is 1.89. The molecule has 35 heavy (non-hydrogen) atoms. The Hall–Kier alpha value is -2.97. The number of carbonyl (C=O) groups is 1. The summed E-state index contributed by atoms with van der Waals surface area (Å²) < 4.78 is 27.7. The molecule has 0 unspecified atom stereocenters. The number of amides is 1. The summed E-state index contributed by atoms with van der Waals surface area (Å²) in [5.74, 6) is 2.49. The molecule has 8 heteroatoms. The van der Waals surface area contributed by atoms with Crippen LogP contribution in [0.3, 0.4) is 0 Å². The summed E-state index contributed by atoms with van der Waals surface area (Å²) in [6.07, 6.45) is 3.01. The quantitative estimate of drug-likeness (QED) is 0.465. The molecule has 1 N–H and O–H groups in total. The van der Waals surface area contributed by atoms with Crippen molar-refractivity contribution in [1.29, 1.82) is 0 Å². The van der Waals surface area contributed by atoms with Crippen molar-refractivity contribution in [2.45, 2.75) is 38.3 Å². The monoisotopic (exact) mass is 486 g/mol. The van der Waals surface area contributed by atoms with Gasteiger partial charge in [0.2, 0.25) is 11.7 Å². The molecule has 1 aliphatic rings. The minimum Gasteiger partial charge on any atom is -0.493 e. The molecule has 2 aromatic rings. The average molecular weight is 487 g/mol. The van der Waals surface area contributed by atoms with Gasteiger partial charge in [0.15, 0.2) is 11.5 Å². The molecule has 0 atom stereocenters. The predicted molar refractivity (Wildman–Crippen MR) is 135 cm³/mol. The van der Waals surface area contributed by atoms with Crippen LogP contribution in [-0.2, 0) is 22.5 Å². The molecule has 1 amide bonds. The summed E-state index contributed by atoms with van der Waals surface area (Å²) >= 11 is 0. The number of methoxy groups -OCH3 is 3. The van der Waals surface area contributed by atoms with Gasteiger partial charge in [-0.1, -0.05) is 18.2 Å². The summed E-state index contributed by atoms with van der Waals surface area (Å²) in [6.45, 7) is 3.61. The number of carbonyl (C=O) groups excluding carboxylic acids is 1. The summed E-state index contributed by atoms with van der Waals surface area (Å²) in [6, 6.07) is 12.1. The SMILES string of the molecule is COc1ccc(CCC(=O)NCc2cccc(OCCN(C)C3CCOCC3)c2)c(OC)c1OC. The third-order valence-electron chi connectivity index (χ3n) is 6.32. The maximum Gasteiger partial charge on any atom is 0.220 e. The third-order valence-corrected chi connectivity index (χ3v) is 6.32. The van der Waals surface area contributed by atoms with Crippen molar-refractivity contribution in [2.24, 2.45) is 0 Å². The molecular weight excluding hydrogens is 448 g/mol. The first-order valence-corrected chi connectivity index (χ1v) is 12.1. The third kappa shape index (κ3) is 7.77. The zero-order chi connectivity index (χ0) is 25.0. The number of aryl methyl sites for hydroxylation is 1. The molecule has 1 heterocycles. The lowest BCUT2D eigenvalue weighted by Gasteiger charge is -2.31. The highest BCUT2D eigenvalue weighted by Gasteiger charge is 2.18. The zero-order valence-electron chi connectivity index (χ0n) is 21.3. The second-order valence-electron chi connectivity index (χ2n) is 8.59. The van der Waals surface area contributed by atoms with Crippen LogP contribution in [0.25, 0.3) is 0 Å². The van der Waals surface area contributed by atoms with E-state index in [1.807, 2.05) is 36.4 Å². The molecule has 2 aromatic carbocycles. The van der Waals surface area contributed by atoms with E-state index in [1.165, 1.54) is 0 Å². The molecule has 0 spiro atoms. The van der Waals surface area contributed by atoms with Crippen molar-refractivity contribution in [3.63, 3.8) is 0 Å². The van der Waals surface area contributed by atoms with Crippen LogP contribution in [0.1, 0.15) is 30.4 Å². The standard InChI is InChI=1S/C27H38N2O6/c1-29(22-12-15-34-16-13-22)14-17-35-23-7-5-6-20(18-23)19-28-25(30)11-9-21-8-10-24(31-2)27(33-4)26(21)32-3/h5-8,10,18,22H,9,11-17,19H2,1-4H3,(H,28,30). The van der Waals surface area contributed by atoms with E-state index in [1.54, 1.807) is 21.3 Å². The molecule has 0 radical (unpaired) electrons. The van der Waals surface area contributed by atoms with E-state index in [0.717, 1.165) is 49.5 Å². The van der Waals surface area contributed by atoms with Crippen LogP contribution in [0, 0.1) is 0 Å². The first kappa shape index (κ1) is 26.6. The van der Waals surface area contributed by atoms with Gasteiger partial charge < -0.3 is 29.0 Å². The normalized spacial score (nSPS) is 14.0. The molecule has 192 valence electrons. The molecule has 1 fully saturated rings. The van der Waals surface area contributed by atoms with Gasteiger partial charge in [-0.25, -0.2) is 0 Å². The smallest absolute Gasteiger partial charge is 0.220 e. The fraction of sp³-hybridized carbons (Fsp3) is 0.519. The number of rotatable bonds is 13. The number of hydrogen-bond acceptors (Lipinski definition) is 7. The van der Waals surface area contributed by atoms with Gasteiger partial charge in [0.25, 0.3) is 0 Å². The van der Waals surface area contributed by atoms with Crippen molar-refractivity contribution in [2.75, 3.05) is 54.7 Å². The average Bonchev–Trinajstić information content (AvgIpc) is 2.90. The number of benzene rings is 2. The van der Waals surface area contributed by atoms with Crippen LogP contribution < -0.4 is 24.3 Å². The molecule has 0 aromatic heterocycles.